The first-order valence-electron chi connectivity index (χ1n) is 7.71. The molecule has 114 valence electrons. The van der Waals surface area contributed by atoms with Crippen LogP contribution in [0, 0.1) is 0 Å². The molecule has 2 heterocycles. The predicted molar refractivity (Wildman–Crippen MR) is 82.2 cm³/mol. The highest BCUT2D eigenvalue weighted by Gasteiger charge is 2.41. The van der Waals surface area contributed by atoms with Gasteiger partial charge in [-0.25, -0.2) is 0 Å². The van der Waals surface area contributed by atoms with Crippen molar-refractivity contribution in [1.29, 1.82) is 0 Å². The Hall–Kier alpha value is -0.580. The molecule has 1 aromatic rings. The number of nitrogens with one attached hydrogen (secondary N) is 1. The minimum absolute atomic E-state index is 0.103. The maximum atomic E-state index is 6.42. The largest absolute Gasteiger partial charge is 0.373 e. The molecule has 0 saturated carbocycles. The summed E-state index contributed by atoms with van der Waals surface area (Å²) in [5, 5.41) is 8.79. The van der Waals surface area contributed by atoms with Crippen LogP contribution in [-0.4, -0.2) is 28.5 Å². The van der Waals surface area contributed by atoms with E-state index in [2.05, 4.69) is 31.2 Å². The van der Waals surface area contributed by atoms with Gasteiger partial charge in [-0.3, -0.25) is 4.68 Å². The monoisotopic (exact) mass is 299 g/mol. The van der Waals surface area contributed by atoms with E-state index in [4.69, 9.17) is 16.3 Å². The van der Waals surface area contributed by atoms with E-state index in [9.17, 15) is 0 Å². The molecule has 0 spiro atoms. The van der Waals surface area contributed by atoms with Gasteiger partial charge < -0.3 is 10.1 Å². The highest BCUT2D eigenvalue weighted by Crippen LogP contribution is 2.39. The molecule has 2 unspecified atom stereocenters. The van der Waals surface area contributed by atoms with Crippen molar-refractivity contribution in [2.45, 2.75) is 64.6 Å². The topological polar surface area (TPSA) is 39.1 Å². The van der Waals surface area contributed by atoms with E-state index in [-0.39, 0.29) is 11.6 Å². The van der Waals surface area contributed by atoms with Crippen molar-refractivity contribution in [3.05, 3.63) is 16.9 Å². The number of ether oxygens (including phenoxy) is 1. The number of rotatable bonds is 7. The van der Waals surface area contributed by atoms with Gasteiger partial charge in [0.05, 0.1) is 28.6 Å². The summed E-state index contributed by atoms with van der Waals surface area (Å²) in [5.74, 6) is 0. The zero-order valence-electron chi connectivity index (χ0n) is 12.8. The van der Waals surface area contributed by atoms with Crippen LogP contribution in [0.2, 0.25) is 5.02 Å². The van der Waals surface area contributed by atoms with Crippen molar-refractivity contribution in [1.82, 2.24) is 15.1 Å². The lowest BCUT2D eigenvalue weighted by Gasteiger charge is -2.34. The molecule has 0 aliphatic carbocycles. The molecule has 20 heavy (non-hydrogen) atoms. The zero-order chi connectivity index (χ0) is 14.6. The molecular formula is C15H26ClN3O. The van der Waals surface area contributed by atoms with Crippen molar-refractivity contribution in [2.75, 3.05) is 13.2 Å². The van der Waals surface area contributed by atoms with Crippen LogP contribution < -0.4 is 5.32 Å². The molecule has 0 amide bonds. The Morgan fingerprint density at radius 2 is 2.30 bits per heavy atom. The van der Waals surface area contributed by atoms with Crippen molar-refractivity contribution in [3.63, 3.8) is 0 Å². The summed E-state index contributed by atoms with van der Waals surface area (Å²) < 4.78 is 8.08. The molecule has 5 heteroatoms. The summed E-state index contributed by atoms with van der Waals surface area (Å²) in [6.45, 7) is 9.20. The van der Waals surface area contributed by atoms with Crippen molar-refractivity contribution in [3.8, 4) is 0 Å². The van der Waals surface area contributed by atoms with Gasteiger partial charge >= 0.3 is 0 Å². The molecule has 2 rings (SSSR count). The van der Waals surface area contributed by atoms with Gasteiger partial charge in [0.25, 0.3) is 0 Å². The Bertz CT molecular complexity index is 427. The smallest absolute Gasteiger partial charge is 0.0865 e. The fourth-order valence-electron chi connectivity index (χ4n) is 2.97. The summed E-state index contributed by atoms with van der Waals surface area (Å²) in [6.07, 6.45) is 6.06. The number of aryl methyl sites for hydroxylation is 1. The Balaban J connectivity index is 2.32. The maximum Gasteiger partial charge on any atom is 0.0865 e. The fourth-order valence-corrected chi connectivity index (χ4v) is 3.22. The second-order valence-corrected chi connectivity index (χ2v) is 6.16. The first kappa shape index (κ1) is 15.8. The molecule has 1 saturated heterocycles. The Morgan fingerprint density at radius 3 is 2.90 bits per heavy atom. The highest BCUT2D eigenvalue weighted by atomic mass is 35.5. The van der Waals surface area contributed by atoms with Gasteiger partial charge in [-0.15, -0.1) is 0 Å². The molecule has 1 aliphatic rings. The van der Waals surface area contributed by atoms with Crippen LogP contribution in [-0.2, 0) is 11.3 Å². The fraction of sp³-hybridized carbons (Fsp3) is 0.800. The van der Waals surface area contributed by atoms with Crippen LogP contribution in [0.4, 0.5) is 0 Å². The molecule has 1 aliphatic heterocycles. The summed E-state index contributed by atoms with van der Waals surface area (Å²) in [6, 6.07) is 0.103. The summed E-state index contributed by atoms with van der Waals surface area (Å²) in [4.78, 5) is 0. The van der Waals surface area contributed by atoms with E-state index in [1.807, 2.05) is 4.68 Å². The molecular weight excluding hydrogens is 274 g/mol. The molecule has 0 bridgehead atoms. The molecule has 2 atom stereocenters. The normalized spacial score (nSPS) is 24.2. The van der Waals surface area contributed by atoms with E-state index in [0.717, 1.165) is 56.1 Å². The predicted octanol–water partition coefficient (Wildman–Crippen LogP) is 3.56. The van der Waals surface area contributed by atoms with Gasteiger partial charge in [0.2, 0.25) is 0 Å². The van der Waals surface area contributed by atoms with Crippen LogP contribution in [0.5, 0.6) is 0 Å². The third kappa shape index (κ3) is 3.18. The van der Waals surface area contributed by atoms with E-state index >= 15 is 0 Å². The van der Waals surface area contributed by atoms with Gasteiger partial charge in [0.15, 0.2) is 0 Å². The summed E-state index contributed by atoms with van der Waals surface area (Å²) in [5.41, 5.74) is 0.885. The van der Waals surface area contributed by atoms with Crippen LogP contribution in [0.25, 0.3) is 0 Å². The highest BCUT2D eigenvalue weighted by molar-refractivity contribution is 6.31. The van der Waals surface area contributed by atoms with Crippen LogP contribution in [0.15, 0.2) is 6.20 Å². The van der Waals surface area contributed by atoms with Gasteiger partial charge in [0.1, 0.15) is 0 Å². The van der Waals surface area contributed by atoms with Crippen LogP contribution in [0.3, 0.4) is 0 Å². The van der Waals surface area contributed by atoms with Crippen molar-refractivity contribution >= 4 is 11.6 Å². The first-order chi connectivity index (χ1) is 9.62. The third-order valence-electron chi connectivity index (χ3n) is 4.00. The van der Waals surface area contributed by atoms with E-state index in [1.54, 1.807) is 6.20 Å². The van der Waals surface area contributed by atoms with E-state index in [0.29, 0.717) is 0 Å². The second-order valence-electron chi connectivity index (χ2n) is 5.75. The first-order valence-corrected chi connectivity index (χ1v) is 8.08. The Kier molecular flexibility index (Phi) is 5.47. The van der Waals surface area contributed by atoms with Gasteiger partial charge in [-0.2, -0.15) is 5.10 Å². The van der Waals surface area contributed by atoms with E-state index < -0.39 is 0 Å². The molecule has 0 radical (unpaired) electrons. The lowest BCUT2D eigenvalue weighted by Crippen LogP contribution is -2.43. The number of halogens is 1. The standard InChI is InChI=1S/C15H26ClN3O/c1-4-8-17-14(15(3)7-6-10-20-15)13-12(16)11-18-19(13)9-5-2/h11,14,17H,4-10H2,1-3H3. The van der Waals surface area contributed by atoms with Crippen molar-refractivity contribution < 1.29 is 4.74 Å². The van der Waals surface area contributed by atoms with E-state index in [1.165, 1.54) is 0 Å². The second kappa shape index (κ2) is 6.92. The maximum absolute atomic E-state index is 6.42. The van der Waals surface area contributed by atoms with Gasteiger partial charge in [-0.05, 0) is 39.2 Å². The molecule has 1 N–H and O–H groups in total. The van der Waals surface area contributed by atoms with Gasteiger partial charge in [-0.1, -0.05) is 25.4 Å². The molecule has 4 nitrogen and oxygen atoms in total. The summed E-state index contributed by atoms with van der Waals surface area (Å²) >= 11 is 6.42. The number of hydrogen-bond donors (Lipinski definition) is 1. The lowest BCUT2D eigenvalue weighted by atomic mass is 9.90. The lowest BCUT2D eigenvalue weighted by molar-refractivity contribution is -0.0148. The third-order valence-corrected chi connectivity index (χ3v) is 4.29. The van der Waals surface area contributed by atoms with Crippen LogP contribution >= 0.6 is 11.6 Å². The van der Waals surface area contributed by atoms with Gasteiger partial charge in [0, 0.05) is 13.2 Å². The number of hydrogen-bond acceptors (Lipinski definition) is 3. The quantitative estimate of drug-likeness (QED) is 0.837. The van der Waals surface area contributed by atoms with Crippen molar-refractivity contribution in [2.24, 2.45) is 0 Å². The molecule has 1 fully saturated rings. The Labute approximate surface area is 126 Å². The molecule has 1 aromatic heterocycles. The molecule has 0 aromatic carbocycles. The zero-order valence-corrected chi connectivity index (χ0v) is 13.5. The average molecular weight is 300 g/mol. The average Bonchev–Trinajstić information content (AvgIpc) is 3.00. The minimum Gasteiger partial charge on any atom is -0.373 e. The summed E-state index contributed by atoms with van der Waals surface area (Å²) in [7, 11) is 0. The number of nitrogens with zero attached hydrogens (tertiary/aromatic N) is 2. The minimum atomic E-state index is -0.190. The number of aromatic nitrogens is 2. The SMILES string of the molecule is CCCNC(c1c(Cl)cnn1CCC)C1(C)CCCO1. The Morgan fingerprint density at radius 1 is 1.50 bits per heavy atom. The van der Waals surface area contributed by atoms with Crippen LogP contribution in [0.1, 0.15) is 58.2 Å².